The number of ether oxygens (including phenoxy) is 1. The van der Waals surface area contributed by atoms with Crippen molar-refractivity contribution < 1.29 is 9.66 Å². The minimum atomic E-state index is -0.373. The van der Waals surface area contributed by atoms with Crippen molar-refractivity contribution in [1.82, 2.24) is 4.98 Å². The average Bonchev–Trinajstić information content (AvgIpc) is 3.04. The molecule has 0 amide bonds. The predicted molar refractivity (Wildman–Crippen MR) is 87.3 cm³/mol. The lowest BCUT2D eigenvalue weighted by Gasteiger charge is -2.18. The Labute approximate surface area is 134 Å². The van der Waals surface area contributed by atoms with Crippen molar-refractivity contribution in [3.05, 3.63) is 64.5 Å². The third-order valence-electron chi connectivity index (χ3n) is 4.07. The summed E-state index contributed by atoms with van der Waals surface area (Å²) in [4.78, 5) is 16.6. The first-order valence-corrected chi connectivity index (χ1v) is 7.69. The zero-order valence-corrected chi connectivity index (χ0v) is 12.8. The molecular weight excluding hydrogens is 294 g/mol. The first-order chi connectivity index (χ1) is 11.2. The van der Waals surface area contributed by atoms with Crippen LogP contribution >= 0.6 is 0 Å². The minimum Gasteiger partial charge on any atom is -0.376 e. The third kappa shape index (κ3) is 3.84. The van der Waals surface area contributed by atoms with Gasteiger partial charge in [0.25, 0.3) is 0 Å². The first kappa shape index (κ1) is 15.4. The summed E-state index contributed by atoms with van der Waals surface area (Å²) in [6.45, 7) is 2.86. The Balaban J connectivity index is 1.54. The van der Waals surface area contributed by atoms with Crippen molar-refractivity contribution in [1.29, 1.82) is 0 Å². The van der Waals surface area contributed by atoms with E-state index in [1.807, 2.05) is 30.3 Å². The van der Waals surface area contributed by atoms with Gasteiger partial charge in [-0.15, -0.1) is 0 Å². The topological polar surface area (TPSA) is 68.5 Å². The number of hydrogen-bond donors (Lipinski definition) is 0. The van der Waals surface area contributed by atoms with Gasteiger partial charge in [0.2, 0.25) is 0 Å². The maximum absolute atomic E-state index is 11.1. The Morgan fingerprint density at radius 3 is 2.91 bits per heavy atom. The Hall–Kier alpha value is -2.47. The van der Waals surface area contributed by atoms with E-state index in [-0.39, 0.29) is 10.6 Å². The minimum absolute atomic E-state index is 0.0679. The number of benzene rings is 1. The highest BCUT2D eigenvalue weighted by Gasteiger charge is 2.27. The number of anilines is 1. The van der Waals surface area contributed by atoms with Gasteiger partial charge < -0.3 is 9.64 Å². The maximum Gasteiger partial charge on any atom is 0.310 e. The molecule has 1 fully saturated rings. The summed E-state index contributed by atoms with van der Waals surface area (Å²) in [5.74, 6) is 0.395. The van der Waals surface area contributed by atoms with Crippen molar-refractivity contribution >= 4 is 11.4 Å². The lowest BCUT2D eigenvalue weighted by atomic mass is 10.1. The van der Waals surface area contributed by atoms with Crippen LogP contribution in [0.15, 0.2) is 48.8 Å². The van der Waals surface area contributed by atoms with Crippen LogP contribution in [-0.2, 0) is 11.3 Å². The molecule has 1 aliphatic heterocycles. The third-order valence-corrected chi connectivity index (χ3v) is 4.07. The molecule has 23 heavy (non-hydrogen) atoms. The molecule has 1 saturated heterocycles. The molecule has 0 N–H and O–H groups in total. The fraction of sp³-hybridized carbons (Fsp3) is 0.353. The van der Waals surface area contributed by atoms with E-state index in [1.54, 1.807) is 12.3 Å². The van der Waals surface area contributed by atoms with Crippen molar-refractivity contribution in [2.24, 2.45) is 5.92 Å². The molecule has 0 spiro atoms. The Morgan fingerprint density at radius 2 is 2.13 bits per heavy atom. The summed E-state index contributed by atoms with van der Waals surface area (Å²) in [5, 5.41) is 11.1. The van der Waals surface area contributed by atoms with Gasteiger partial charge in [-0.2, -0.15) is 0 Å². The van der Waals surface area contributed by atoms with Gasteiger partial charge in [0.15, 0.2) is 0 Å². The monoisotopic (exact) mass is 313 g/mol. The second kappa shape index (κ2) is 7.19. The van der Waals surface area contributed by atoms with Crippen LogP contribution in [0.2, 0.25) is 0 Å². The summed E-state index contributed by atoms with van der Waals surface area (Å²) in [6, 6.07) is 11.8. The van der Waals surface area contributed by atoms with E-state index in [0.29, 0.717) is 24.8 Å². The highest BCUT2D eigenvalue weighted by Crippen LogP contribution is 2.31. The average molecular weight is 313 g/mol. The van der Waals surface area contributed by atoms with Gasteiger partial charge in [0, 0.05) is 25.2 Å². The highest BCUT2D eigenvalue weighted by molar-refractivity contribution is 5.62. The number of aromatic nitrogens is 1. The smallest absolute Gasteiger partial charge is 0.310 e. The first-order valence-electron chi connectivity index (χ1n) is 7.69. The predicted octanol–water partition coefficient (Wildman–Crippen LogP) is 3.03. The number of hydrogen-bond acceptors (Lipinski definition) is 5. The molecule has 120 valence electrons. The van der Waals surface area contributed by atoms with E-state index in [2.05, 4.69) is 9.88 Å². The van der Waals surface area contributed by atoms with Crippen molar-refractivity contribution in [2.45, 2.75) is 13.0 Å². The second-order valence-electron chi connectivity index (χ2n) is 5.72. The molecule has 1 aromatic heterocycles. The zero-order chi connectivity index (χ0) is 16.1. The molecule has 1 atom stereocenters. The number of nitrogens with zero attached hydrogens (tertiary/aromatic N) is 3. The molecular formula is C17H19N3O3. The molecule has 0 radical (unpaired) electrons. The van der Waals surface area contributed by atoms with Gasteiger partial charge >= 0.3 is 5.69 Å². The normalized spacial score (nSPS) is 17.4. The fourth-order valence-electron chi connectivity index (χ4n) is 2.89. The highest BCUT2D eigenvalue weighted by atomic mass is 16.6. The van der Waals surface area contributed by atoms with E-state index in [1.165, 1.54) is 6.20 Å². The lowest BCUT2D eigenvalue weighted by Crippen LogP contribution is -2.22. The molecule has 1 unspecified atom stereocenters. The van der Waals surface area contributed by atoms with E-state index in [9.17, 15) is 10.1 Å². The number of nitro groups is 1. The van der Waals surface area contributed by atoms with Gasteiger partial charge in [-0.25, -0.2) is 0 Å². The van der Waals surface area contributed by atoms with E-state index < -0.39 is 0 Å². The van der Waals surface area contributed by atoms with Crippen LogP contribution < -0.4 is 4.90 Å². The summed E-state index contributed by atoms with van der Waals surface area (Å²) in [7, 11) is 0. The maximum atomic E-state index is 11.1. The summed E-state index contributed by atoms with van der Waals surface area (Å²) in [5.41, 5.74) is 1.88. The van der Waals surface area contributed by atoms with Crippen molar-refractivity contribution in [3.8, 4) is 0 Å². The fourth-order valence-corrected chi connectivity index (χ4v) is 2.89. The molecule has 0 aliphatic carbocycles. The lowest BCUT2D eigenvalue weighted by molar-refractivity contribution is -0.384. The molecule has 1 aliphatic rings. The molecule has 0 saturated carbocycles. The SMILES string of the molecule is O=[N+]([O-])c1cnccc1N1CCC(COCc2ccccc2)C1. The van der Waals surface area contributed by atoms with Crippen LogP contribution in [0.5, 0.6) is 0 Å². The summed E-state index contributed by atoms with van der Waals surface area (Å²) < 4.78 is 5.79. The zero-order valence-electron chi connectivity index (χ0n) is 12.8. The largest absolute Gasteiger partial charge is 0.376 e. The van der Waals surface area contributed by atoms with Gasteiger partial charge in [0.05, 0.1) is 18.1 Å². The number of rotatable bonds is 6. The number of pyridine rings is 1. The van der Waals surface area contributed by atoms with Gasteiger partial charge in [-0.3, -0.25) is 15.1 Å². The van der Waals surface area contributed by atoms with Crippen LogP contribution in [-0.4, -0.2) is 29.6 Å². The molecule has 1 aromatic carbocycles. The molecule has 2 heterocycles. The molecule has 6 nitrogen and oxygen atoms in total. The van der Waals surface area contributed by atoms with E-state index in [4.69, 9.17) is 4.74 Å². The Kier molecular flexibility index (Phi) is 4.83. The van der Waals surface area contributed by atoms with Crippen LogP contribution in [0.25, 0.3) is 0 Å². The Bertz CT molecular complexity index is 663. The second-order valence-corrected chi connectivity index (χ2v) is 5.72. The van der Waals surface area contributed by atoms with Gasteiger partial charge in [-0.05, 0) is 18.1 Å². The Morgan fingerprint density at radius 1 is 1.30 bits per heavy atom. The van der Waals surface area contributed by atoms with E-state index in [0.717, 1.165) is 25.1 Å². The quantitative estimate of drug-likeness (QED) is 0.605. The summed E-state index contributed by atoms with van der Waals surface area (Å²) in [6.07, 6.45) is 3.89. The van der Waals surface area contributed by atoms with Crippen LogP contribution in [0.4, 0.5) is 11.4 Å². The molecule has 0 bridgehead atoms. The standard InChI is InChI=1S/C17H19N3O3/c21-20(22)17-10-18-8-6-16(17)19-9-7-15(11-19)13-23-12-14-4-2-1-3-5-14/h1-6,8,10,15H,7,9,11-13H2. The van der Waals surface area contributed by atoms with Gasteiger partial charge in [0.1, 0.15) is 11.9 Å². The van der Waals surface area contributed by atoms with Crippen LogP contribution in [0.1, 0.15) is 12.0 Å². The van der Waals surface area contributed by atoms with Gasteiger partial charge in [-0.1, -0.05) is 30.3 Å². The van der Waals surface area contributed by atoms with Crippen molar-refractivity contribution in [2.75, 3.05) is 24.6 Å². The van der Waals surface area contributed by atoms with Crippen molar-refractivity contribution in [3.63, 3.8) is 0 Å². The van der Waals surface area contributed by atoms with E-state index >= 15 is 0 Å². The molecule has 2 aromatic rings. The summed E-state index contributed by atoms with van der Waals surface area (Å²) >= 11 is 0. The molecule has 3 rings (SSSR count). The van der Waals surface area contributed by atoms with Crippen LogP contribution in [0, 0.1) is 16.0 Å². The van der Waals surface area contributed by atoms with Crippen LogP contribution in [0.3, 0.4) is 0 Å². The molecule has 6 heteroatoms.